The van der Waals surface area contributed by atoms with Gasteiger partial charge in [0.15, 0.2) is 0 Å². The molecule has 2 N–H and O–H groups in total. The van der Waals surface area contributed by atoms with Crippen LogP contribution in [0.4, 0.5) is 24.5 Å². The summed E-state index contributed by atoms with van der Waals surface area (Å²) in [5.74, 6) is 0.793. The third kappa shape index (κ3) is 5.30. The number of hydrogen-bond donors (Lipinski definition) is 2. The lowest BCUT2D eigenvalue weighted by Gasteiger charge is -2.13. The highest BCUT2D eigenvalue weighted by molar-refractivity contribution is 5.91. The van der Waals surface area contributed by atoms with Crippen molar-refractivity contribution in [3.8, 4) is 11.5 Å². The number of methoxy groups -OCH3 is 2. The average molecular weight is 368 g/mol. The second kappa shape index (κ2) is 8.46. The quantitative estimate of drug-likeness (QED) is 0.770. The average Bonchev–Trinajstić information content (AvgIpc) is 2.61. The summed E-state index contributed by atoms with van der Waals surface area (Å²) >= 11 is 0. The molecule has 0 heterocycles. The van der Waals surface area contributed by atoms with E-state index in [-0.39, 0.29) is 18.7 Å². The Labute approximate surface area is 149 Å². The van der Waals surface area contributed by atoms with Crippen LogP contribution in [0.5, 0.6) is 11.5 Å². The van der Waals surface area contributed by atoms with Crippen molar-refractivity contribution in [2.24, 2.45) is 0 Å². The fraction of sp³-hybridized carbons (Fsp3) is 0.278. The summed E-state index contributed by atoms with van der Waals surface area (Å²) in [6.45, 7) is 0.285. The van der Waals surface area contributed by atoms with E-state index in [1.54, 1.807) is 25.3 Å². The van der Waals surface area contributed by atoms with E-state index in [9.17, 15) is 18.0 Å². The number of hydrogen-bond acceptors (Lipinski definition) is 4. The van der Waals surface area contributed by atoms with Gasteiger partial charge in [-0.05, 0) is 30.3 Å². The third-order valence-corrected chi connectivity index (χ3v) is 3.55. The van der Waals surface area contributed by atoms with Gasteiger partial charge in [0, 0.05) is 24.7 Å². The topological polar surface area (TPSA) is 59.6 Å². The van der Waals surface area contributed by atoms with Gasteiger partial charge in [-0.2, -0.15) is 13.2 Å². The lowest BCUT2D eigenvalue weighted by molar-refractivity contribution is -0.137. The summed E-state index contributed by atoms with van der Waals surface area (Å²) in [5.41, 5.74) is -0.0246. The second-order valence-electron chi connectivity index (χ2n) is 5.37. The zero-order valence-corrected chi connectivity index (χ0v) is 14.3. The number of carbonyl (C=O) groups is 1. The Bertz CT molecular complexity index is 764. The van der Waals surface area contributed by atoms with Gasteiger partial charge < -0.3 is 20.1 Å². The molecule has 0 atom stereocenters. The predicted molar refractivity (Wildman–Crippen MR) is 92.7 cm³/mol. The first-order valence-corrected chi connectivity index (χ1v) is 7.76. The van der Waals surface area contributed by atoms with Crippen molar-refractivity contribution >= 4 is 17.3 Å². The molecule has 0 saturated carbocycles. The number of halogens is 3. The molecule has 0 unspecified atom stereocenters. The van der Waals surface area contributed by atoms with Crippen LogP contribution in [0.3, 0.4) is 0 Å². The molecule has 0 aliphatic rings. The molecule has 0 spiro atoms. The standard InChI is InChI=1S/C18H19F3N2O3/c1-25-14-6-7-15(16(11-14)26-2)22-9-8-17(24)23-13-5-3-4-12(10-13)18(19,20)21/h3-7,10-11,22H,8-9H2,1-2H3,(H,23,24). The van der Waals surface area contributed by atoms with Crippen LogP contribution in [0.15, 0.2) is 42.5 Å². The third-order valence-electron chi connectivity index (χ3n) is 3.55. The number of alkyl halides is 3. The highest BCUT2D eigenvalue weighted by atomic mass is 19.4. The molecule has 8 heteroatoms. The Morgan fingerprint density at radius 2 is 1.85 bits per heavy atom. The zero-order valence-electron chi connectivity index (χ0n) is 14.3. The zero-order chi connectivity index (χ0) is 19.2. The number of nitrogens with one attached hydrogen (secondary N) is 2. The Hall–Kier alpha value is -2.90. The van der Waals surface area contributed by atoms with Crippen molar-refractivity contribution < 1.29 is 27.4 Å². The van der Waals surface area contributed by atoms with Crippen LogP contribution in [0.1, 0.15) is 12.0 Å². The highest BCUT2D eigenvalue weighted by Gasteiger charge is 2.30. The van der Waals surface area contributed by atoms with Crippen molar-refractivity contribution in [1.82, 2.24) is 0 Å². The van der Waals surface area contributed by atoms with Crippen LogP contribution in [0.2, 0.25) is 0 Å². The minimum absolute atomic E-state index is 0.0748. The number of amides is 1. The lowest BCUT2D eigenvalue weighted by Crippen LogP contribution is -2.17. The first-order chi connectivity index (χ1) is 12.3. The van der Waals surface area contributed by atoms with Crippen molar-refractivity contribution in [3.05, 3.63) is 48.0 Å². The molecule has 0 aliphatic carbocycles. The summed E-state index contributed by atoms with van der Waals surface area (Å²) in [4.78, 5) is 11.9. The molecule has 0 bridgehead atoms. The van der Waals surface area contributed by atoms with Gasteiger partial charge in [-0.15, -0.1) is 0 Å². The smallest absolute Gasteiger partial charge is 0.416 e. The van der Waals surface area contributed by atoms with Gasteiger partial charge >= 0.3 is 6.18 Å². The van der Waals surface area contributed by atoms with Crippen LogP contribution in [0, 0.1) is 0 Å². The number of rotatable bonds is 7. The van der Waals surface area contributed by atoms with Crippen molar-refractivity contribution in [3.63, 3.8) is 0 Å². The van der Waals surface area contributed by atoms with Gasteiger partial charge in [0.25, 0.3) is 0 Å². The van der Waals surface area contributed by atoms with Crippen LogP contribution in [-0.4, -0.2) is 26.7 Å². The number of anilines is 2. The van der Waals surface area contributed by atoms with Gasteiger partial charge in [-0.25, -0.2) is 0 Å². The van der Waals surface area contributed by atoms with E-state index in [0.717, 1.165) is 12.1 Å². The first-order valence-electron chi connectivity index (χ1n) is 7.76. The molecule has 0 saturated heterocycles. The van der Waals surface area contributed by atoms with Crippen LogP contribution >= 0.6 is 0 Å². The van der Waals surface area contributed by atoms with Gasteiger partial charge in [0.2, 0.25) is 5.91 Å². The molecule has 26 heavy (non-hydrogen) atoms. The highest BCUT2D eigenvalue weighted by Crippen LogP contribution is 2.31. The van der Waals surface area contributed by atoms with Gasteiger partial charge in [-0.1, -0.05) is 6.07 Å². The predicted octanol–water partition coefficient (Wildman–Crippen LogP) is 4.16. The molecule has 2 aromatic carbocycles. The van der Waals surface area contributed by atoms with Crippen LogP contribution in [-0.2, 0) is 11.0 Å². The van der Waals surface area contributed by atoms with Crippen molar-refractivity contribution in [1.29, 1.82) is 0 Å². The minimum Gasteiger partial charge on any atom is -0.497 e. The maximum atomic E-state index is 12.7. The van der Waals surface area contributed by atoms with E-state index >= 15 is 0 Å². The molecule has 0 radical (unpaired) electrons. The Kier molecular flexibility index (Phi) is 6.32. The van der Waals surface area contributed by atoms with E-state index < -0.39 is 17.6 Å². The summed E-state index contributed by atoms with van der Waals surface area (Å²) in [6.07, 6.45) is -4.38. The molecule has 0 aromatic heterocycles. The number of carbonyl (C=O) groups excluding carboxylic acids is 1. The summed E-state index contributed by atoms with van der Waals surface area (Å²) in [5, 5.41) is 5.50. The summed E-state index contributed by atoms with van der Waals surface area (Å²) in [6, 6.07) is 9.71. The molecule has 5 nitrogen and oxygen atoms in total. The van der Waals surface area contributed by atoms with Crippen molar-refractivity contribution in [2.75, 3.05) is 31.4 Å². The summed E-state index contributed by atoms with van der Waals surface area (Å²) < 4.78 is 48.4. The molecule has 2 aromatic rings. The van der Waals surface area contributed by atoms with Gasteiger partial charge in [0.1, 0.15) is 11.5 Å². The normalized spacial score (nSPS) is 11.0. The first kappa shape index (κ1) is 19.4. The van der Waals surface area contributed by atoms with Gasteiger partial charge in [-0.3, -0.25) is 4.79 Å². The minimum atomic E-state index is -4.45. The number of ether oxygens (including phenoxy) is 2. The van der Waals surface area contributed by atoms with Crippen LogP contribution < -0.4 is 20.1 Å². The maximum absolute atomic E-state index is 12.7. The molecule has 2 rings (SSSR count). The molecular formula is C18H19F3N2O3. The molecule has 1 amide bonds. The Morgan fingerprint density at radius 3 is 2.50 bits per heavy atom. The van der Waals surface area contributed by atoms with Crippen LogP contribution in [0.25, 0.3) is 0 Å². The maximum Gasteiger partial charge on any atom is 0.416 e. The Morgan fingerprint density at radius 1 is 1.08 bits per heavy atom. The molecule has 0 aliphatic heterocycles. The van der Waals surface area contributed by atoms with Gasteiger partial charge in [0.05, 0.1) is 25.5 Å². The van der Waals surface area contributed by atoms with E-state index in [1.165, 1.54) is 19.2 Å². The van der Waals surface area contributed by atoms with E-state index in [4.69, 9.17) is 9.47 Å². The molecular weight excluding hydrogens is 349 g/mol. The molecule has 0 fully saturated rings. The second-order valence-corrected chi connectivity index (χ2v) is 5.37. The lowest BCUT2D eigenvalue weighted by atomic mass is 10.2. The van der Waals surface area contributed by atoms with Crippen molar-refractivity contribution in [2.45, 2.75) is 12.6 Å². The fourth-order valence-electron chi connectivity index (χ4n) is 2.25. The molecule has 140 valence electrons. The fourth-order valence-corrected chi connectivity index (χ4v) is 2.25. The largest absolute Gasteiger partial charge is 0.497 e. The van der Waals surface area contributed by atoms with E-state index in [2.05, 4.69) is 10.6 Å². The summed E-state index contributed by atoms with van der Waals surface area (Å²) in [7, 11) is 3.06. The van der Waals surface area contributed by atoms with E-state index in [0.29, 0.717) is 17.2 Å². The van der Waals surface area contributed by atoms with E-state index in [1.807, 2.05) is 0 Å². The number of benzene rings is 2. The Balaban J connectivity index is 1.90. The monoisotopic (exact) mass is 368 g/mol. The SMILES string of the molecule is COc1ccc(NCCC(=O)Nc2cccc(C(F)(F)F)c2)c(OC)c1.